The van der Waals surface area contributed by atoms with E-state index >= 15 is 0 Å². The molecular formula is C35H53NO3. The van der Waals surface area contributed by atoms with Gasteiger partial charge in [0, 0.05) is 6.54 Å². The number of fused-ring (bicyclic) bond motifs is 7. The van der Waals surface area contributed by atoms with Gasteiger partial charge in [-0.1, -0.05) is 53.2 Å². The van der Waals surface area contributed by atoms with Gasteiger partial charge in [-0.05, 0) is 134 Å². The molecule has 9 atom stereocenters. The Bertz CT molecular complexity index is 1110. The van der Waals surface area contributed by atoms with Crippen LogP contribution in [0.5, 0.6) is 5.75 Å². The minimum Gasteiger partial charge on any atom is -0.508 e. The fourth-order valence-corrected chi connectivity index (χ4v) is 12.2. The summed E-state index contributed by atoms with van der Waals surface area (Å²) in [6.45, 7) is 13.2. The highest BCUT2D eigenvalue weighted by Gasteiger charge is 2.70. The Morgan fingerprint density at radius 2 is 1.67 bits per heavy atom. The lowest BCUT2D eigenvalue weighted by Gasteiger charge is -2.72. The number of nitrogens with one attached hydrogen (secondary N) is 1. The molecule has 8 unspecified atom stereocenters. The molecule has 5 fully saturated rings. The molecule has 0 aromatic heterocycles. The van der Waals surface area contributed by atoms with Crippen LogP contribution in [0.2, 0.25) is 0 Å². The Balaban J connectivity index is 1.22. The first-order chi connectivity index (χ1) is 18.4. The number of hydrogen-bond acceptors (Lipinski definition) is 3. The number of carbonyl (C=O) groups is 1. The molecule has 0 spiro atoms. The summed E-state index contributed by atoms with van der Waals surface area (Å²) >= 11 is 0. The minimum atomic E-state index is -0.190. The molecule has 4 nitrogen and oxygen atoms in total. The highest BCUT2D eigenvalue weighted by molar-refractivity contribution is 5.83. The van der Waals surface area contributed by atoms with Gasteiger partial charge in [0.2, 0.25) is 5.91 Å². The highest BCUT2D eigenvalue weighted by atomic mass is 16.3. The molecule has 1 aromatic carbocycles. The van der Waals surface area contributed by atoms with Crippen LogP contribution in [0.3, 0.4) is 0 Å². The van der Waals surface area contributed by atoms with E-state index in [1.165, 1.54) is 44.9 Å². The number of amides is 1. The third-order valence-electron chi connectivity index (χ3n) is 14.4. The zero-order valence-electron chi connectivity index (χ0n) is 25.2. The maximum absolute atomic E-state index is 14.0. The van der Waals surface area contributed by atoms with Crippen LogP contribution in [-0.4, -0.2) is 28.8 Å². The molecule has 39 heavy (non-hydrogen) atoms. The van der Waals surface area contributed by atoms with Gasteiger partial charge in [-0.3, -0.25) is 4.79 Å². The van der Waals surface area contributed by atoms with Crippen molar-refractivity contribution in [2.75, 3.05) is 6.54 Å². The Hall–Kier alpha value is -1.55. The first-order valence-electron chi connectivity index (χ1n) is 16.1. The number of hydrogen-bond donors (Lipinski definition) is 3. The largest absolute Gasteiger partial charge is 0.508 e. The quantitative estimate of drug-likeness (QED) is 0.380. The van der Waals surface area contributed by atoms with E-state index < -0.39 is 0 Å². The van der Waals surface area contributed by atoms with E-state index in [0.717, 1.165) is 37.7 Å². The molecule has 1 aromatic rings. The molecule has 4 heteroatoms. The van der Waals surface area contributed by atoms with E-state index in [1.54, 1.807) is 12.1 Å². The Kier molecular flexibility index (Phi) is 6.53. The lowest BCUT2D eigenvalue weighted by molar-refractivity contribution is -0.244. The molecule has 1 amide bonds. The van der Waals surface area contributed by atoms with Crippen molar-refractivity contribution >= 4 is 5.91 Å². The molecule has 0 bridgehead atoms. The van der Waals surface area contributed by atoms with Crippen molar-refractivity contribution in [3.05, 3.63) is 29.8 Å². The topological polar surface area (TPSA) is 69.6 Å². The highest BCUT2D eigenvalue weighted by Crippen LogP contribution is 2.76. The third kappa shape index (κ3) is 3.82. The average molecular weight is 536 g/mol. The van der Waals surface area contributed by atoms with E-state index in [-0.39, 0.29) is 22.3 Å². The second kappa shape index (κ2) is 9.23. The van der Waals surface area contributed by atoms with Crippen molar-refractivity contribution in [3.8, 4) is 5.75 Å². The Labute approximate surface area is 236 Å². The van der Waals surface area contributed by atoms with Crippen LogP contribution in [0.1, 0.15) is 111 Å². The number of benzene rings is 1. The summed E-state index contributed by atoms with van der Waals surface area (Å²) in [6.07, 6.45) is 13.4. The van der Waals surface area contributed by atoms with E-state index in [2.05, 4.69) is 39.9 Å². The number of rotatable bonds is 4. The monoisotopic (exact) mass is 535 g/mol. The normalized spacial score (nSPS) is 46.4. The molecule has 3 N–H and O–H groups in total. The SMILES string of the molecule is CC1(C)C(O)CCC2(C)C1CCC1(C)C2CCC2C3CCCC3(C(=O)NCCc3cccc(O)c3)CC[C@]21C. The van der Waals surface area contributed by atoms with Crippen molar-refractivity contribution in [3.63, 3.8) is 0 Å². The van der Waals surface area contributed by atoms with Gasteiger partial charge in [0.1, 0.15) is 5.75 Å². The fraction of sp³-hybridized carbons (Fsp3) is 0.800. The maximum Gasteiger partial charge on any atom is 0.226 e. The number of phenolic OH excluding ortho intramolecular Hbond substituents is 1. The zero-order chi connectivity index (χ0) is 27.8. The first-order valence-corrected chi connectivity index (χ1v) is 16.1. The Morgan fingerprint density at radius 3 is 2.44 bits per heavy atom. The van der Waals surface area contributed by atoms with Crippen LogP contribution in [0.25, 0.3) is 0 Å². The van der Waals surface area contributed by atoms with E-state index in [1.807, 2.05) is 12.1 Å². The predicted molar refractivity (Wildman–Crippen MR) is 156 cm³/mol. The molecule has 0 aliphatic heterocycles. The summed E-state index contributed by atoms with van der Waals surface area (Å²) in [6, 6.07) is 7.40. The molecular weight excluding hydrogens is 482 g/mol. The standard InChI is InChI=1S/C35H53NO3/c1-31(2)27-13-18-34(5)28(32(27,3)17-14-29(31)38)12-11-25-26-10-7-16-35(26,20-19-33(25,34)4)30(39)36-21-15-23-8-6-9-24(37)22-23/h6,8-9,22,25-29,37-38H,7,10-21H2,1-5H3,(H,36,39)/t25?,26?,27?,28?,29?,32?,33-,34?,35?/m1/s1. The van der Waals surface area contributed by atoms with Crippen LogP contribution in [0.15, 0.2) is 24.3 Å². The molecule has 216 valence electrons. The number of aliphatic hydroxyl groups is 1. The van der Waals surface area contributed by atoms with E-state index in [9.17, 15) is 15.0 Å². The van der Waals surface area contributed by atoms with Gasteiger partial charge in [-0.25, -0.2) is 0 Å². The summed E-state index contributed by atoms with van der Waals surface area (Å²) in [5, 5.41) is 24.1. The average Bonchev–Trinajstić information content (AvgIpc) is 3.32. The molecule has 5 saturated carbocycles. The molecule has 5 aliphatic carbocycles. The van der Waals surface area contributed by atoms with Gasteiger partial charge in [0.15, 0.2) is 0 Å². The van der Waals surface area contributed by atoms with Crippen LogP contribution in [-0.2, 0) is 11.2 Å². The van der Waals surface area contributed by atoms with Crippen LogP contribution in [0, 0.1) is 50.7 Å². The third-order valence-corrected chi connectivity index (χ3v) is 14.4. The van der Waals surface area contributed by atoms with E-state index in [0.29, 0.717) is 52.7 Å². The van der Waals surface area contributed by atoms with Gasteiger partial charge in [-0.2, -0.15) is 0 Å². The Morgan fingerprint density at radius 1 is 0.872 bits per heavy atom. The zero-order valence-corrected chi connectivity index (χ0v) is 25.2. The summed E-state index contributed by atoms with van der Waals surface area (Å²) in [4.78, 5) is 14.0. The predicted octanol–water partition coefficient (Wildman–Crippen LogP) is 7.27. The van der Waals surface area contributed by atoms with Crippen molar-refractivity contribution in [2.24, 2.45) is 50.7 Å². The maximum atomic E-state index is 14.0. The van der Waals surface area contributed by atoms with Crippen molar-refractivity contribution in [1.82, 2.24) is 5.32 Å². The molecule has 0 heterocycles. The minimum absolute atomic E-state index is 0.00413. The van der Waals surface area contributed by atoms with Crippen LogP contribution in [0.4, 0.5) is 0 Å². The number of carbonyl (C=O) groups excluding carboxylic acids is 1. The van der Waals surface area contributed by atoms with Gasteiger partial charge in [0.25, 0.3) is 0 Å². The molecule has 5 aliphatic rings. The van der Waals surface area contributed by atoms with E-state index in [4.69, 9.17) is 0 Å². The fourth-order valence-electron chi connectivity index (χ4n) is 12.2. The lowest BCUT2D eigenvalue weighted by Crippen LogP contribution is -2.67. The second-order valence-electron chi connectivity index (χ2n) is 15.9. The van der Waals surface area contributed by atoms with Crippen LogP contribution >= 0.6 is 0 Å². The smallest absolute Gasteiger partial charge is 0.226 e. The summed E-state index contributed by atoms with van der Waals surface area (Å²) in [5.74, 6) is 3.04. The molecule has 0 saturated heterocycles. The van der Waals surface area contributed by atoms with Crippen LogP contribution < -0.4 is 5.32 Å². The summed E-state index contributed by atoms with van der Waals surface area (Å²) in [5.41, 5.74) is 1.77. The van der Waals surface area contributed by atoms with Crippen molar-refractivity contribution in [1.29, 1.82) is 0 Å². The van der Waals surface area contributed by atoms with Gasteiger partial charge in [0.05, 0.1) is 11.5 Å². The first kappa shape index (κ1) is 27.6. The van der Waals surface area contributed by atoms with Gasteiger partial charge in [-0.15, -0.1) is 0 Å². The number of aliphatic hydroxyl groups excluding tert-OH is 1. The van der Waals surface area contributed by atoms with Gasteiger partial charge < -0.3 is 15.5 Å². The molecule has 6 rings (SSSR count). The van der Waals surface area contributed by atoms with Crippen molar-refractivity contribution in [2.45, 2.75) is 118 Å². The number of aromatic hydroxyl groups is 1. The molecule has 0 radical (unpaired) electrons. The van der Waals surface area contributed by atoms with Gasteiger partial charge >= 0.3 is 0 Å². The second-order valence-corrected chi connectivity index (χ2v) is 15.9. The lowest BCUT2D eigenvalue weighted by atomic mass is 9.32. The number of phenols is 1. The van der Waals surface area contributed by atoms with Crippen molar-refractivity contribution < 1.29 is 15.0 Å². The summed E-state index contributed by atoms with van der Waals surface area (Å²) in [7, 11) is 0. The summed E-state index contributed by atoms with van der Waals surface area (Å²) < 4.78 is 0.